The van der Waals surface area contributed by atoms with E-state index in [0.29, 0.717) is 36.0 Å². The third-order valence-corrected chi connectivity index (χ3v) is 5.98. The Kier molecular flexibility index (Phi) is 9.23. The van der Waals surface area contributed by atoms with Crippen LogP contribution in [0.1, 0.15) is 31.2 Å². The number of carbonyl (C=O) groups is 1. The molecule has 0 fully saturated rings. The van der Waals surface area contributed by atoms with E-state index < -0.39 is 18.5 Å². The number of nitrogens with zero attached hydrogens (tertiary/aromatic N) is 1. The largest absolute Gasteiger partial charge is 0.464 e. The van der Waals surface area contributed by atoms with Gasteiger partial charge in [-0.15, -0.1) is 0 Å². The zero-order valence-corrected chi connectivity index (χ0v) is 20.1. The van der Waals surface area contributed by atoms with Crippen molar-refractivity contribution in [1.29, 1.82) is 0 Å². The molecule has 0 saturated carbocycles. The molecule has 0 aliphatic carbocycles. The minimum Gasteiger partial charge on any atom is -0.464 e. The number of likely N-dealkylation sites (N-methyl/N-ethyl adjacent to an activating group) is 1. The van der Waals surface area contributed by atoms with Crippen LogP contribution in [0.15, 0.2) is 51.6 Å². The standard InChI is InChI=1S/C25H33NO8/c1-5-32-25-16(10-8-12-27)18(19-15-33-20-11-7-6-9-17(20)23(19)28)13-21(34-25)24(29)26(2)14-22(30-3)31-4/h6-7,9,11,13,15-16,18,22,25,27H,5,8,10,12,14H2,1-4H3. The second-order valence-electron chi connectivity index (χ2n) is 8.13. The molecule has 2 aromatic rings. The number of hydrogen-bond donors (Lipinski definition) is 1. The summed E-state index contributed by atoms with van der Waals surface area (Å²) in [6, 6.07) is 7.03. The number of aliphatic hydroxyl groups is 1. The fraction of sp³-hybridized carbons (Fsp3) is 0.520. The van der Waals surface area contributed by atoms with Gasteiger partial charge in [0.05, 0.1) is 18.2 Å². The highest BCUT2D eigenvalue weighted by molar-refractivity contribution is 5.91. The number of rotatable bonds is 11. The summed E-state index contributed by atoms with van der Waals surface area (Å²) in [6.07, 6.45) is 2.76. The smallest absolute Gasteiger partial charge is 0.288 e. The van der Waals surface area contributed by atoms with E-state index >= 15 is 0 Å². The average Bonchev–Trinajstić information content (AvgIpc) is 2.86. The molecule has 0 bridgehead atoms. The predicted octanol–water partition coefficient (Wildman–Crippen LogP) is 2.62. The van der Waals surface area contributed by atoms with Gasteiger partial charge in [-0.05, 0) is 38.0 Å². The van der Waals surface area contributed by atoms with E-state index in [0.717, 1.165) is 0 Å². The van der Waals surface area contributed by atoms with Gasteiger partial charge in [-0.3, -0.25) is 9.59 Å². The Morgan fingerprint density at radius 3 is 2.65 bits per heavy atom. The van der Waals surface area contributed by atoms with Gasteiger partial charge in [-0.25, -0.2) is 0 Å². The van der Waals surface area contributed by atoms with Crippen molar-refractivity contribution in [2.24, 2.45) is 5.92 Å². The number of fused-ring (bicyclic) bond motifs is 1. The van der Waals surface area contributed by atoms with Crippen molar-refractivity contribution >= 4 is 16.9 Å². The van der Waals surface area contributed by atoms with E-state index in [1.54, 1.807) is 37.4 Å². The summed E-state index contributed by atoms with van der Waals surface area (Å²) < 4.78 is 28.0. The fourth-order valence-electron chi connectivity index (χ4n) is 4.18. The molecule has 3 unspecified atom stereocenters. The Morgan fingerprint density at radius 2 is 1.97 bits per heavy atom. The Balaban J connectivity index is 2.05. The number of aliphatic hydroxyl groups excluding tert-OH is 1. The van der Waals surface area contributed by atoms with Gasteiger partial charge < -0.3 is 33.4 Å². The van der Waals surface area contributed by atoms with Gasteiger partial charge in [0.1, 0.15) is 5.58 Å². The summed E-state index contributed by atoms with van der Waals surface area (Å²) in [5.74, 6) is -1.13. The third-order valence-electron chi connectivity index (χ3n) is 5.98. The molecular formula is C25H33NO8. The third kappa shape index (κ3) is 5.67. The first-order chi connectivity index (χ1) is 16.4. The minimum absolute atomic E-state index is 0.0118. The van der Waals surface area contributed by atoms with Crippen LogP contribution in [0.4, 0.5) is 0 Å². The lowest BCUT2D eigenvalue weighted by Crippen LogP contribution is -2.42. The molecule has 1 aromatic heterocycles. The van der Waals surface area contributed by atoms with Crippen molar-refractivity contribution in [2.45, 2.75) is 38.3 Å². The van der Waals surface area contributed by atoms with E-state index in [-0.39, 0.29) is 36.2 Å². The molecule has 1 aliphatic rings. The van der Waals surface area contributed by atoms with Crippen LogP contribution in [0.25, 0.3) is 11.0 Å². The number of allylic oxidation sites excluding steroid dienone is 1. The molecule has 1 amide bonds. The van der Waals surface area contributed by atoms with Crippen molar-refractivity contribution in [3.63, 3.8) is 0 Å². The zero-order valence-electron chi connectivity index (χ0n) is 20.1. The highest BCUT2D eigenvalue weighted by Crippen LogP contribution is 2.39. The average molecular weight is 476 g/mol. The molecular weight excluding hydrogens is 442 g/mol. The normalized spacial score (nSPS) is 20.3. The van der Waals surface area contributed by atoms with Gasteiger partial charge in [-0.1, -0.05) is 12.1 Å². The molecule has 186 valence electrons. The van der Waals surface area contributed by atoms with Crippen LogP contribution >= 0.6 is 0 Å². The molecule has 1 aliphatic heterocycles. The Morgan fingerprint density at radius 1 is 1.24 bits per heavy atom. The molecule has 1 aromatic carbocycles. The van der Waals surface area contributed by atoms with E-state index in [9.17, 15) is 14.7 Å². The molecule has 9 heteroatoms. The van der Waals surface area contributed by atoms with Gasteiger partial charge in [0.2, 0.25) is 6.29 Å². The van der Waals surface area contributed by atoms with Gasteiger partial charge in [0.25, 0.3) is 5.91 Å². The summed E-state index contributed by atoms with van der Waals surface area (Å²) in [5, 5.41) is 9.91. The highest BCUT2D eigenvalue weighted by atomic mass is 16.7. The second kappa shape index (κ2) is 12.1. The minimum atomic E-state index is -0.773. The van der Waals surface area contributed by atoms with Crippen LogP contribution in [-0.2, 0) is 23.7 Å². The lowest BCUT2D eigenvalue weighted by molar-refractivity contribution is -0.172. The molecule has 3 atom stereocenters. The van der Waals surface area contributed by atoms with Crippen molar-refractivity contribution in [3.05, 3.63) is 58.2 Å². The maximum atomic E-state index is 13.4. The van der Waals surface area contributed by atoms with Crippen LogP contribution in [0.3, 0.4) is 0 Å². The Bertz CT molecular complexity index is 1040. The topological polar surface area (TPSA) is 108 Å². The summed E-state index contributed by atoms with van der Waals surface area (Å²) in [4.78, 5) is 28.1. The summed E-state index contributed by atoms with van der Waals surface area (Å²) in [5.41, 5.74) is 0.726. The molecule has 9 nitrogen and oxygen atoms in total. The summed E-state index contributed by atoms with van der Waals surface area (Å²) >= 11 is 0. The van der Waals surface area contributed by atoms with Gasteiger partial charge in [0, 0.05) is 51.9 Å². The molecule has 1 N–H and O–H groups in total. The monoisotopic (exact) mass is 475 g/mol. The van der Waals surface area contributed by atoms with Crippen molar-refractivity contribution in [1.82, 2.24) is 4.90 Å². The quantitative estimate of drug-likeness (QED) is 0.494. The zero-order chi connectivity index (χ0) is 24.7. The van der Waals surface area contributed by atoms with Crippen LogP contribution in [0, 0.1) is 5.92 Å². The van der Waals surface area contributed by atoms with Gasteiger partial charge in [0.15, 0.2) is 17.5 Å². The second-order valence-corrected chi connectivity index (χ2v) is 8.13. The van der Waals surface area contributed by atoms with Gasteiger partial charge in [-0.2, -0.15) is 0 Å². The number of para-hydroxylation sites is 1. The first kappa shape index (κ1) is 25.9. The number of methoxy groups -OCH3 is 2. The van der Waals surface area contributed by atoms with Crippen LogP contribution < -0.4 is 5.43 Å². The van der Waals surface area contributed by atoms with Gasteiger partial charge >= 0.3 is 0 Å². The van der Waals surface area contributed by atoms with Crippen molar-refractivity contribution in [3.8, 4) is 0 Å². The molecule has 3 rings (SSSR count). The lowest BCUT2D eigenvalue weighted by Gasteiger charge is -2.37. The summed E-state index contributed by atoms with van der Waals surface area (Å²) in [7, 11) is 4.61. The van der Waals surface area contributed by atoms with Crippen molar-refractivity contribution < 1.29 is 33.3 Å². The predicted molar refractivity (Wildman–Crippen MR) is 125 cm³/mol. The van der Waals surface area contributed by atoms with Crippen LogP contribution in [0.5, 0.6) is 0 Å². The van der Waals surface area contributed by atoms with E-state index in [1.165, 1.54) is 25.4 Å². The molecule has 34 heavy (non-hydrogen) atoms. The number of hydrogen-bond acceptors (Lipinski definition) is 8. The fourth-order valence-corrected chi connectivity index (χ4v) is 4.18. The van der Waals surface area contributed by atoms with E-state index in [1.807, 2.05) is 6.92 Å². The van der Waals surface area contributed by atoms with Crippen LogP contribution in [-0.4, -0.2) is 69.5 Å². The maximum Gasteiger partial charge on any atom is 0.288 e. The molecule has 2 heterocycles. The molecule has 0 radical (unpaired) electrons. The Hall–Kier alpha value is -2.72. The first-order valence-electron chi connectivity index (χ1n) is 11.4. The summed E-state index contributed by atoms with van der Waals surface area (Å²) in [6.45, 7) is 2.36. The van der Waals surface area contributed by atoms with E-state index in [2.05, 4.69) is 0 Å². The van der Waals surface area contributed by atoms with Crippen molar-refractivity contribution in [2.75, 3.05) is 41.0 Å². The lowest BCUT2D eigenvalue weighted by atomic mass is 9.81. The number of carbonyl (C=O) groups excluding carboxylic acids is 1. The molecule has 0 spiro atoms. The van der Waals surface area contributed by atoms with Crippen LogP contribution in [0.2, 0.25) is 0 Å². The maximum absolute atomic E-state index is 13.4. The highest BCUT2D eigenvalue weighted by Gasteiger charge is 2.40. The molecule has 0 saturated heterocycles. The Labute approximate surface area is 198 Å². The number of amides is 1. The SMILES string of the molecule is CCOC1OC(C(=O)N(C)CC(OC)OC)=CC(c2coc3ccccc3c2=O)C1CCCO. The van der Waals surface area contributed by atoms with E-state index in [4.69, 9.17) is 23.4 Å². The first-order valence-corrected chi connectivity index (χ1v) is 11.4. The number of ether oxygens (including phenoxy) is 4. The number of benzene rings is 1.